The molecule has 2 aliphatic rings. The highest BCUT2D eigenvalue weighted by Gasteiger charge is 2.27. The highest BCUT2D eigenvalue weighted by molar-refractivity contribution is 5.94. The van der Waals surface area contributed by atoms with Gasteiger partial charge in [-0.15, -0.1) is 0 Å². The van der Waals surface area contributed by atoms with Crippen molar-refractivity contribution in [3.63, 3.8) is 0 Å². The Kier molecular flexibility index (Phi) is 3.38. The molecule has 0 aromatic carbocycles. The number of aromatic nitrogens is 2. The first-order valence-corrected chi connectivity index (χ1v) is 6.93. The third kappa shape index (κ3) is 2.42. The molecular weight excluding hydrogens is 240 g/mol. The molecule has 3 heterocycles. The number of piperidine rings is 1. The highest BCUT2D eigenvalue weighted by Crippen LogP contribution is 2.26. The van der Waals surface area contributed by atoms with E-state index in [9.17, 15) is 4.79 Å². The summed E-state index contributed by atoms with van der Waals surface area (Å²) >= 11 is 0. The third-order valence-corrected chi connectivity index (χ3v) is 4.20. The maximum Gasteiger partial charge on any atom is 0.249 e. The Hall–Kier alpha value is -1.62. The summed E-state index contributed by atoms with van der Waals surface area (Å²) in [4.78, 5) is 14.5. The van der Waals surface area contributed by atoms with Crippen molar-refractivity contribution in [3.05, 3.63) is 29.1 Å². The number of carbonyl (C=O) groups excluding carboxylic acids is 1. The van der Waals surface area contributed by atoms with Crippen molar-refractivity contribution in [1.29, 1.82) is 0 Å². The minimum absolute atomic E-state index is 0.209. The van der Waals surface area contributed by atoms with Gasteiger partial charge in [-0.3, -0.25) is 9.89 Å². The van der Waals surface area contributed by atoms with Gasteiger partial charge in [0.05, 0.1) is 0 Å². The van der Waals surface area contributed by atoms with Crippen LogP contribution in [-0.2, 0) is 4.79 Å². The van der Waals surface area contributed by atoms with Gasteiger partial charge in [-0.1, -0.05) is 0 Å². The van der Waals surface area contributed by atoms with Crippen LogP contribution in [0.2, 0.25) is 0 Å². The van der Waals surface area contributed by atoms with Crippen LogP contribution in [-0.4, -0.2) is 47.2 Å². The summed E-state index contributed by atoms with van der Waals surface area (Å²) < 4.78 is 0. The molecule has 2 fully saturated rings. The Morgan fingerprint density at radius 1 is 1.47 bits per heavy atom. The van der Waals surface area contributed by atoms with Gasteiger partial charge in [-0.2, -0.15) is 5.10 Å². The van der Waals surface area contributed by atoms with E-state index in [1.165, 1.54) is 5.57 Å². The molecule has 102 valence electrons. The summed E-state index contributed by atoms with van der Waals surface area (Å²) in [7, 11) is 0. The van der Waals surface area contributed by atoms with Crippen LogP contribution in [0.15, 0.2) is 23.4 Å². The Bertz CT molecular complexity index is 486. The molecule has 5 heteroatoms. The maximum atomic E-state index is 12.5. The van der Waals surface area contributed by atoms with Crippen LogP contribution in [0.25, 0.3) is 0 Å². The van der Waals surface area contributed by atoms with Crippen LogP contribution in [0.1, 0.15) is 31.4 Å². The summed E-state index contributed by atoms with van der Waals surface area (Å²) in [6.45, 7) is 5.38. The lowest BCUT2D eigenvalue weighted by atomic mass is 9.94. The molecule has 3 rings (SSSR count). The van der Waals surface area contributed by atoms with E-state index in [0.717, 1.165) is 50.3 Å². The minimum atomic E-state index is 0.209. The molecule has 0 spiro atoms. The van der Waals surface area contributed by atoms with Crippen LogP contribution in [0, 0.1) is 0 Å². The number of H-pyrrole nitrogens is 1. The zero-order valence-corrected chi connectivity index (χ0v) is 11.3. The van der Waals surface area contributed by atoms with Gasteiger partial charge in [-0.05, 0) is 31.4 Å². The monoisotopic (exact) mass is 260 g/mol. The Labute approximate surface area is 113 Å². The Morgan fingerprint density at radius 3 is 2.95 bits per heavy atom. The number of amides is 1. The number of hydrogen-bond acceptors (Lipinski definition) is 3. The topological polar surface area (TPSA) is 61.0 Å². The van der Waals surface area contributed by atoms with Crippen molar-refractivity contribution < 1.29 is 4.79 Å². The molecule has 2 saturated heterocycles. The molecule has 0 bridgehead atoms. The van der Waals surface area contributed by atoms with Gasteiger partial charge < -0.3 is 10.2 Å². The van der Waals surface area contributed by atoms with Crippen LogP contribution in [0.5, 0.6) is 0 Å². The lowest BCUT2D eigenvalue weighted by molar-refractivity contribution is -0.128. The number of hydrogen-bond donors (Lipinski definition) is 2. The van der Waals surface area contributed by atoms with E-state index < -0.39 is 0 Å². The average Bonchev–Trinajstić information content (AvgIpc) is 2.90. The number of nitrogens with zero attached hydrogens (tertiary/aromatic N) is 2. The number of nitrogens with one attached hydrogen (secondary N) is 2. The van der Waals surface area contributed by atoms with Crippen LogP contribution >= 0.6 is 0 Å². The lowest BCUT2D eigenvalue weighted by Gasteiger charge is -2.33. The third-order valence-electron chi connectivity index (χ3n) is 4.20. The Balaban J connectivity index is 1.70. The second-order valence-electron chi connectivity index (χ2n) is 5.43. The quantitative estimate of drug-likeness (QED) is 0.781. The number of aromatic amines is 1. The van der Waals surface area contributed by atoms with Gasteiger partial charge in [0, 0.05) is 49.6 Å². The fourth-order valence-corrected chi connectivity index (χ4v) is 2.81. The molecule has 19 heavy (non-hydrogen) atoms. The Morgan fingerprint density at radius 2 is 2.32 bits per heavy atom. The highest BCUT2D eigenvalue weighted by atomic mass is 16.2. The summed E-state index contributed by atoms with van der Waals surface area (Å²) in [6, 6.07) is 2.01. The molecule has 0 radical (unpaired) electrons. The predicted octanol–water partition coefficient (Wildman–Crippen LogP) is 1.04. The first kappa shape index (κ1) is 12.4. The molecule has 2 aliphatic heterocycles. The van der Waals surface area contributed by atoms with E-state index in [1.807, 2.05) is 17.9 Å². The number of likely N-dealkylation sites (tertiary alicyclic amines) is 1. The largest absolute Gasteiger partial charge is 0.338 e. The van der Waals surface area contributed by atoms with E-state index in [0.29, 0.717) is 5.92 Å². The summed E-state index contributed by atoms with van der Waals surface area (Å²) in [5, 5.41) is 10.2. The van der Waals surface area contributed by atoms with Gasteiger partial charge in [0.1, 0.15) is 0 Å². The van der Waals surface area contributed by atoms with Gasteiger partial charge in [0.25, 0.3) is 0 Å². The van der Waals surface area contributed by atoms with Crippen molar-refractivity contribution in [2.24, 2.45) is 0 Å². The minimum Gasteiger partial charge on any atom is -0.338 e. The predicted molar refractivity (Wildman–Crippen MR) is 72.7 cm³/mol. The molecule has 0 aliphatic carbocycles. The van der Waals surface area contributed by atoms with Crippen molar-refractivity contribution in [1.82, 2.24) is 20.4 Å². The molecule has 1 aromatic heterocycles. The second kappa shape index (κ2) is 5.17. The smallest absolute Gasteiger partial charge is 0.249 e. The average molecular weight is 260 g/mol. The summed E-state index contributed by atoms with van der Waals surface area (Å²) in [5.74, 6) is 0.609. The molecule has 1 unspecified atom stereocenters. The van der Waals surface area contributed by atoms with Crippen molar-refractivity contribution in [3.8, 4) is 0 Å². The SMILES string of the molecule is CC(C(=O)N1CCCC(c2ccn[nH]2)C1)=C1CNC1. The van der Waals surface area contributed by atoms with E-state index in [4.69, 9.17) is 0 Å². The lowest BCUT2D eigenvalue weighted by Crippen LogP contribution is -2.42. The van der Waals surface area contributed by atoms with E-state index in [-0.39, 0.29) is 5.91 Å². The van der Waals surface area contributed by atoms with Crippen molar-refractivity contribution >= 4 is 5.91 Å². The fraction of sp³-hybridized carbons (Fsp3) is 0.571. The van der Waals surface area contributed by atoms with E-state index in [1.54, 1.807) is 6.20 Å². The van der Waals surface area contributed by atoms with Gasteiger partial charge in [0.2, 0.25) is 5.91 Å². The molecule has 1 atom stereocenters. The van der Waals surface area contributed by atoms with Crippen molar-refractivity contribution in [2.45, 2.75) is 25.7 Å². The molecule has 0 saturated carbocycles. The number of carbonyl (C=O) groups is 1. The zero-order valence-electron chi connectivity index (χ0n) is 11.3. The number of rotatable bonds is 2. The summed E-state index contributed by atoms with van der Waals surface area (Å²) in [6.07, 6.45) is 3.97. The second-order valence-corrected chi connectivity index (χ2v) is 5.43. The fourth-order valence-electron chi connectivity index (χ4n) is 2.81. The molecular formula is C14H20N4O. The first-order chi connectivity index (χ1) is 9.25. The molecule has 1 aromatic rings. The van der Waals surface area contributed by atoms with Crippen LogP contribution in [0.4, 0.5) is 0 Å². The van der Waals surface area contributed by atoms with E-state index in [2.05, 4.69) is 15.5 Å². The first-order valence-electron chi connectivity index (χ1n) is 6.93. The molecule has 5 nitrogen and oxygen atoms in total. The van der Waals surface area contributed by atoms with Crippen molar-refractivity contribution in [2.75, 3.05) is 26.2 Å². The normalized spacial score (nSPS) is 23.1. The molecule has 2 N–H and O–H groups in total. The zero-order chi connectivity index (χ0) is 13.2. The van der Waals surface area contributed by atoms with Crippen LogP contribution < -0.4 is 5.32 Å². The van der Waals surface area contributed by atoms with Gasteiger partial charge >= 0.3 is 0 Å². The van der Waals surface area contributed by atoms with Crippen LogP contribution in [0.3, 0.4) is 0 Å². The van der Waals surface area contributed by atoms with Gasteiger partial charge in [0.15, 0.2) is 0 Å². The summed E-state index contributed by atoms with van der Waals surface area (Å²) in [5.41, 5.74) is 3.34. The molecule has 1 amide bonds. The standard InChI is InChI=1S/C14H20N4O/c1-10(12-7-15-8-12)14(19)18-6-2-3-11(9-18)13-4-5-16-17-13/h4-5,11,15H,2-3,6-9H2,1H3,(H,16,17). The maximum absolute atomic E-state index is 12.5. The van der Waals surface area contributed by atoms with E-state index >= 15 is 0 Å². The van der Waals surface area contributed by atoms with Gasteiger partial charge in [-0.25, -0.2) is 0 Å².